The van der Waals surface area contributed by atoms with Gasteiger partial charge in [0.15, 0.2) is 10.9 Å². The maximum atomic E-state index is 11.3. The van der Waals surface area contributed by atoms with Crippen molar-refractivity contribution in [2.45, 2.75) is 13.5 Å². The van der Waals surface area contributed by atoms with Gasteiger partial charge in [-0.25, -0.2) is 0 Å². The zero-order valence-corrected chi connectivity index (χ0v) is 15.3. The highest BCUT2D eigenvalue weighted by Gasteiger charge is 2.19. The highest BCUT2D eigenvalue weighted by atomic mass is 32.1. The molecule has 4 nitrogen and oxygen atoms in total. The third kappa shape index (κ3) is 4.87. The van der Waals surface area contributed by atoms with E-state index in [0.717, 1.165) is 43.5 Å². The Morgan fingerprint density at radius 1 is 1.00 bits per heavy atom. The van der Waals surface area contributed by atoms with E-state index in [4.69, 9.17) is 12.2 Å². The van der Waals surface area contributed by atoms with Gasteiger partial charge < -0.3 is 10.2 Å². The van der Waals surface area contributed by atoms with Gasteiger partial charge in [-0.1, -0.05) is 30.3 Å². The fourth-order valence-electron chi connectivity index (χ4n) is 2.94. The summed E-state index contributed by atoms with van der Waals surface area (Å²) in [5.41, 5.74) is 2.98. The molecule has 0 aliphatic carbocycles. The third-order valence-corrected chi connectivity index (χ3v) is 4.81. The van der Waals surface area contributed by atoms with E-state index in [-0.39, 0.29) is 5.78 Å². The van der Waals surface area contributed by atoms with Gasteiger partial charge in [-0.15, -0.1) is 0 Å². The van der Waals surface area contributed by atoms with Gasteiger partial charge in [0.2, 0.25) is 0 Å². The van der Waals surface area contributed by atoms with Crippen LogP contribution in [0.3, 0.4) is 0 Å². The van der Waals surface area contributed by atoms with Crippen molar-refractivity contribution >= 4 is 28.8 Å². The fraction of sp³-hybridized carbons (Fsp3) is 0.300. The van der Waals surface area contributed by atoms with E-state index in [2.05, 4.69) is 45.4 Å². The number of carbonyl (C=O) groups is 1. The number of hydrogen-bond donors (Lipinski definition) is 1. The quantitative estimate of drug-likeness (QED) is 0.673. The highest BCUT2D eigenvalue weighted by molar-refractivity contribution is 7.80. The number of piperazine rings is 1. The lowest BCUT2D eigenvalue weighted by Crippen LogP contribution is -2.49. The van der Waals surface area contributed by atoms with Crippen molar-refractivity contribution in [2.75, 3.05) is 31.5 Å². The van der Waals surface area contributed by atoms with Crippen molar-refractivity contribution in [3.8, 4) is 0 Å². The maximum Gasteiger partial charge on any atom is 0.173 e. The number of nitrogens with zero attached hydrogens (tertiary/aromatic N) is 2. The van der Waals surface area contributed by atoms with Crippen LogP contribution in [0.4, 0.5) is 5.69 Å². The van der Waals surface area contributed by atoms with Crippen LogP contribution >= 0.6 is 12.2 Å². The number of carbonyl (C=O) groups excluding carboxylic acids is 1. The van der Waals surface area contributed by atoms with Gasteiger partial charge in [-0.3, -0.25) is 9.69 Å². The number of Topliss-reactive ketones (excluding diaryl/α,β-unsaturated/α-hetero) is 1. The number of nitrogens with one attached hydrogen (secondary N) is 1. The number of benzene rings is 2. The minimum Gasteiger partial charge on any atom is -0.346 e. The third-order valence-electron chi connectivity index (χ3n) is 4.45. The largest absolute Gasteiger partial charge is 0.346 e. The molecule has 2 aromatic rings. The molecule has 0 bridgehead atoms. The Morgan fingerprint density at radius 2 is 1.64 bits per heavy atom. The summed E-state index contributed by atoms with van der Waals surface area (Å²) < 4.78 is 0. The molecule has 5 heteroatoms. The van der Waals surface area contributed by atoms with Crippen LogP contribution in [0.2, 0.25) is 0 Å². The molecule has 0 amide bonds. The molecule has 130 valence electrons. The van der Waals surface area contributed by atoms with Gasteiger partial charge in [-0.05, 0) is 49.0 Å². The lowest BCUT2D eigenvalue weighted by atomic mass is 10.1. The van der Waals surface area contributed by atoms with E-state index in [0.29, 0.717) is 5.56 Å². The monoisotopic (exact) mass is 353 g/mol. The summed E-state index contributed by atoms with van der Waals surface area (Å²) in [4.78, 5) is 16.0. The zero-order chi connectivity index (χ0) is 17.6. The molecule has 0 unspecified atom stereocenters. The Morgan fingerprint density at radius 3 is 2.24 bits per heavy atom. The van der Waals surface area contributed by atoms with Gasteiger partial charge in [0.25, 0.3) is 0 Å². The van der Waals surface area contributed by atoms with Crippen LogP contribution in [0.25, 0.3) is 0 Å². The predicted molar refractivity (Wildman–Crippen MR) is 106 cm³/mol. The molecule has 0 radical (unpaired) electrons. The summed E-state index contributed by atoms with van der Waals surface area (Å²) in [6.07, 6.45) is 0. The minimum atomic E-state index is 0.0728. The molecule has 1 saturated heterocycles. The van der Waals surface area contributed by atoms with E-state index >= 15 is 0 Å². The first-order chi connectivity index (χ1) is 12.1. The van der Waals surface area contributed by atoms with E-state index in [9.17, 15) is 4.79 Å². The van der Waals surface area contributed by atoms with Crippen molar-refractivity contribution < 1.29 is 4.79 Å². The SMILES string of the molecule is CC(=O)c1ccc(NC(=S)N2CCN(Cc3ccccc3)CC2)cc1. The fourth-order valence-corrected chi connectivity index (χ4v) is 3.24. The molecule has 0 spiro atoms. The number of rotatable bonds is 4. The molecular weight excluding hydrogens is 330 g/mol. The summed E-state index contributed by atoms with van der Waals surface area (Å²) in [5, 5.41) is 4.02. The van der Waals surface area contributed by atoms with Crippen molar-refractivity contribution in [1.82, 2.24) is 9.80 Å². The molecule has 25 heavy (non-hydrogen) atoms. The molecule has 0 aromatic heterocycles. The van der Waals surface area contributed by atoms with Crippen LogP contribution in [0.15, 0.2) is 54.6 Å². The molecule has 1 fully saturated rings. The molecule has 0 atom stereocenters. The van der Waals surface area contributed by atoms with E-state index < -0.39 is 0 Å². The Bertz CT molecular complexity index is 722. The van der Waals surface area contributed by atoms with Gasteiger partial charge in [-0.2, -0.15) is 0 Å². The Labute approximate surface area is 154 Å². The molecule has 1 aliphatic heterocycles. The lowest BCUT2D eigenvalue weighted by Gasteiger charge is -2.36. The van der Waals surface area contributed by atoms with Crippen LogP contribution in [-0.2, 0) is 6.54 Å². The van der Waals surface area contributed by atoms with Gasteiger partial charge in [0.05, 0.1) is 0 Å². The lowest BCUT2D eigenvalue weighted by molar-refractivity contribution is 0.101. The standard InChI is InChI=1S/C20H23N3OS/c1-16(24)18-7-9-19(10-8-18)21-20(25)23-13-11-22(12-14-23)15-17-5-3-2-4-6-17/h2-10H,11-15H2,1H3,(H,21,25). The summed E-state index contributed by atoms with van der Waals surface area (Å²) in [7, 11) is 0. The first-order valence-electron chi connectivity index (χ1n) is 8.55. The minimum absolute atomic E-state index is 0.0728. The normalized spacial score (nSPS) is 15.0. The Balaban J connectivity index is 1.49. The molecule has 1 heterocycles. The second kappa shape index (κ2) is 8.23. The highest BCUT2D eigenvalue weighted by Crippen LogP contribution is 2.13. The second-order valence-electron chi connectivity index (χ2n) is 6.31. The van der Waals surface area contributed by atoms with Gasteiger partial charge in [0, 0.05) is 44.0 Å². The maximum absolute atomic E-state index is 11.3. The van der Waals surface area contributed by atoms with Crippen molar-refractivity contribution in [2.24, 2.45) is 0 Å². The molecule has 3 rings (SSSR count). The Kier molecular flexibility index (Phi) is 5.79. The molecule has 1 aliphatic rings. The average molecular weight is 353 g/mol. The molecule has 0 saturated carbocycles. The summed E-state index contributed by atoms with van der Waals surface area (Å²) in [6, 6.07) is 18.0. The smallest absolute Gasteiger partial charge is 0.173 e. The van der Waals surface area contributed by atoms with Crippen LogP contribution in [-0.4, -0.2) is 46.9 Å². The molecule has 1 N–H and O–H groups in total. The van der Waals surface area contributed by atoms with Crippen LogP contribution in [0.1, 0.15) is 22.8 Å². The number of thiocarbonyl (C=S) groups is 1. The first kappa shape index (κ1) is 17.6. The van der Waals surface area contributed by atoms with Crippen LogP contribution in [0.5, 0.6) is 0 Å². The van der Waals surface area contributed by atoms with Crippen molar-refractivity contribution in [1.29, 1.82) is 0 Å². The Hall–Kier alpha value is -2.24. The number of hydrogen-bond acceptors (Lipinski definition) is 3. The van der Waals surface area contributed by atoms with E-state index in [1.807, 2.05) is 24.3 Å². The number of ketones is 1. The van der Waals surface area contributed by atoms with E-state index in [1.54, 1.807) is 6.92 Å². The number of anilines is 1. The summed E-state index contributed by atoms with van der Waals surface area (Å²) in [6.45, 7) is 6.40. The van der Waals surface area contributed by atoms with Crippen LogP contribution < -0.4 is 5.32 Å². The second-order valence-corrected chi connectivity index (χ2v) is 6.70. The zero-order valence-electron chi connectivity index (χ0n) is 14.4. The van der Waals surface area contributed by atoms with Crippen molar-refractivity contribution in [3.05, 3.63) is 65.7 Å². The predicted octanol–water partition coefficient (Wildman–Crippen LogP) is 3.40. The van der Waals surface area contributed by atoms with E-state index in [1.165, 1.54) is 5.56 Å². The van der Waals surface area contributed by atoms with Gasteiger partial charge >= 0.3 is 0 Å². The van der Waals surface area contributed by atoms with Gasteiger partial charge in [0.1, 0.15) is 0 Å². The first-order valence-corrected chi connectivity index (χ1v) is 8.96. The van der Waals surface area contributed by atoms with Crippen molar-refractivity contribution in [3.63, 3.8) is 0 Å². The summed E-state index contributed by atoms with van der Waals surface area (Å²) in [5.74, 6) is 0.0728. The topological polar surface area (TPSA) is 35.6 Å². The average Bonchev–Trinajstić information content (AvgIpc) is 2.63. The van der Waals surface area contributed by atoms with Crippen LogP contribution in [0, 0.1) is 0 Å². The summed E-state index contributed by atoms with van der Waals surface area (Å²) >= 11 is 5.54. The molecule has 2 aromatic carbocycles. The molecular formula is C20H23N3OS.